The maximum Gasteiger partial charge on any atom is 0.359 e. The number of ether oxygens (including phenoxy) is 1. The Kier molecular flexibility index (Phi) is 5.32. The number of benzene rings is 1. The van der Waals surface area contributed by atoms with Crippen LogP contribution in [0.15, 0.2) is 24.3 Å². The van der Waals surface area contributed by atoms with Crippen LogP contribution in [0.4, 0.5) is 0 Å². The molecule has 0 bridgehead atoms. The van der Waals surface area contributed by atoms with E-state index in [1.165, 1.54) is 0 Å². The molecule has 0 saturated heterocycles. The van der Waals surface area contributed by atoms with Crippen molar-refractivity contribution in [3.05, 3.63) is 46.2 Å². The zero-order chi connectivity index (χ0) is 18.8. The molecule has 0 fully saturated rings. The van der Waals surface area contributed by atoms with Crippen molar-refractivity contribution in [2.24, 2.45) is 5.92 Å². The first-order valence-electron chi connectivity index (χ1n) is 8.75. The first-order valence-corrected chi connectivity index (χ1v) is 9.12. The number of nitrogens with zero attached hydrogens (tertiary/aromatic N) is 3. The molecule has 6 nitrogen and oxygen atoms in total. The van der Waals surface area contributed by atoms with E-state index < -0.39 is 5.97 Å². The van der Waals surface area contributed by atoms with E-state index in [-0.39, 0.29) is 24.1 Å². The third kappa shape index (κ3) is 3.46. The molecule has 3 rings (SSSR count). The van der Waals surface area contributed by atoms with Crippen molar-refractivity contribution in [1.29, 1.82) is 0 Å². The first-order chi connectivity index (χ1) is 12.4. The predicted octanol–water partition coefficient (Wildman–Crippen LogP) is 3.24. The summed E-state index contributed by atoms with van der Waals surface area (Å²) >= 11 is 5.98. The van der Waals surface area contributed by atoms with E-state index in [9.17, 15) is 9.59 Å². The second kappa shape index (κ2) is 7.50. The van der Waals surface area contributed by atoms with E-state index in [1.54, 1.807) is 28.6 Å². The number of aromatic nitrogens is 2. The van der Waals surface area contributed by atoms with E-state index >= 15 is 0 Å². The fourth-order valence-corrected chi connectivity index (χ4v) is 3.26. The molecule has 26 heavy (non-hydrogen) atoms. The minimum absolute atomic E-state index is 0.0738. The Bertz CT molecular complexity index is 827. The topological polar surface area (TPSA) is 64.4 Å². The zero-order valence-electron chi connectivity index (χ0n) is 15.2. The lowest BCUT2D eigenvalue weighted by atomic mass is 10.0. The van der Waals surface area contributed by atoms with Crippen LogP contribution in [-0.4, -0.2) is 39.7 Å². The van der Waals surface area contributed by atoms with Gasteiger partial charge in [0.15, 0.2) is 5.69 Å². The number of carbonyl (C=O) groups is 2. The molecule has 0 N–H and O–H groups in total. The number of hydrogen-bond donors (Lipinski definition) is 0. The molecule has 2 aromatic rings. The summed E-state index contributed by atoms with van der Waals surface area (Å²) in [7, 11) is 0. The second-order valence-corrected chi connectivity index (χ2v) is 6.98. The Labute approximate surface area is 157 Å². The molecular formula is C19H22ClN3O3. The van der Waals surface area contributed by atoms with E-state index in [0.29, 0.717) is 24.5 Å². The van der Waals surface area contributed by atoms with Crippen molar-refractivity contribution in [1.82, 2.24) is 14.7 Å². The van der Waals surface area contributed by atoms with Gasteiger partial charge in [-0.15, -0.1) is 0 Å². The largest absolute Gasteiger partial charge is 0.461 e. The molecule has 1 aromatic heterocycles. The van der Waals surface area contributed by atoms with Crippen LogP contribution >= 0.6 is 11.6 Å². The summed E-state index contributed by atoms with van der Waals surface area (Å²) in [6.07, 6.45) is 0.628. The van der Waals surface area contributed by atoms with Crippen molar-refractivity contribution in [2.45, 2.75) is 33.7 Å². The van der Waals surface area contributed by atoms with Crippen LogP contribution in [0.25, 0.3) is 5.69 Å². The number of fused-ring (bicyclic) bond motifs is 1. The Morgan fingerprint density at radius 2 is 1.96 bits per heavy atom. The number of halogens is 1. The van der Waals surface area contributed by atoms with Gasteiger partial charge in [0.05, 0.1) is 18.0 Å². The fraction of sp³-hybridized carbons (Fsp3) is 0.421. The highest BCUT2D eigenvalue weighted by atomic mass is 35.5. The summed E-state index contributed by atoms with van der Waals surface area (Å²) < 4.78 is 6.93. The molecule has 0 spiro atoms. The highest BCUT2D eigenvalue weighted by molar-refractivity contribution is 6.30. The maximum absolute atomic E-state index is 12.4. The number of esters is 1. The molecular weight excluding hydrogens is 354 g/mol. The molecule has 1 aliphatic rings. The van der Waals surface area contributed by atoms with Gasteiger partial charge in [0.1, 0.15) is 0 Å². The SMILES string of the molecule is CCOC(=O)c1nn(-c2ccc(Cl)cc2)c2c1CN(C(=O)C(C)C)CC2. The average molecular weight is 376 g/mol. The summed E-state index contributed by atoms with van der Waals surface area (Å²) in [5, 5.41) is 5.14. The number of amides is 1. The fourth-order valence-electron chi connectivity index (χ4n) is 3.13. The highest BCUT2D eigenvalue weighted by Gasteiger charge is 2.31. The van der Waals surface area contributed by atoms with Crippen molar-refractivity contribution in [3.63, 3.8) is 0 Å². The van der Waals surface area contributed by atoms with Gasteiger partial charge in [-0.2, -0.15) is 5.10 Å². The molecule has 138 valence electrons. The van der Waals surface area contributed by atoms with Gasteiger partial charge in [0.2, 0.25) is 5.91 Å². The molecule has 2 heterocycles. The van der Waals surface area contributed by atoms with Gasteiger partial charge in [-0.1, -0.05) is 25.4 Å². The van der Waals surface area contributed by atoms with Crippen LogP contribution < -0.4 is 0 Å². The second-order valence-electron chi connectivity index (χ2n) is 6.55. The molecule has 0 unspecified atom stereocenters. The van der Waals surface area contributed by atoms with Gasteiger partial charge < -0.3 is 9.64 Å². The van der Waals surface area contributed by atoms with Crippen molar-refractivity contribution < 1.29 is 14.3 Å². The van der Waals surface area contributed by atoms with E-state index in [2.05, 4.69) is 5.10 Å². The molecule has 1 aromatic carbocycles. The zero-order valence-corrected chi connectivity index (χ0v) is 15.9. The normalized spacial score (nSPS) is 13.7. The molecule has 0 saturated carbocycles. The minimum atomic E-state index is -0.463. The third-order valence-corrected chi connectivity index (χ3v) is 4.65. The van der Waals surface area contributed by atoms with Gasteiger partial charge in [-0.25, -0.2) is 9.48 Å². The smallest absolute Gasteiger partial charge is 0.359 e. The van der Waals surface area contributed by atoms with Crippen LogP contribution in [0, 0.1) is 5.92 Å². The summed E-state index contributed by atoms with van der Waals surface area (Å²) in [6, 6.07) is 7.28. The van der Waals surface area contributed by atoms with Gasteiger partial charge in [0, 0.05) is 36.0 Å². The summed E-state index contributed by atoms with van der Waals surface area (Å²) in [6.45, 7) is 6.76. The lowest BCUT2D eigenvalue weighted by Crippen LogP contribution is -2.39. The Morgan fingerprint density at radius 1 is 1.27 bits per heavy atom. The lowest BCUT2D eigenvalue weighted by Gasteiger charge is -2.29. The molecule has 1 amide bonds. The Morgan fingerprint density at radius 3 is 2.58 bits per heavy atom. The lowest BCUT2D eigenvalue weighted by molar-refractivity contribution is -0.135. The molecule has 0 aliphatic carbocycles. The van der Waals surface area contributed by atoms with Crippen LogP contribution in [-0.2, 0) is 22.5 Å². The number of hydrogen-bond acceptors (Lipinski definition) is 4. The van der Waals surface area contributed by atoms with Crippen molar-refractivity contribution >= 4 is 23.5 Å². The molecule has 0 atom stereocenters. The first kappa shape index (κ1) is 18.5. The predicted molar refractivity (Wildman–Crippen MR) is 98.5 cm³/mol. The standard InChI is InChI=1S/C19H22ClN3O3/c1-4-26-19(25)17-15-11-22(18(24)12(2)3)10-9-16(15)23(21-17)14-7-5-13(20)6-8-14/h5-8,12H,4,9-11H2,1-3H3. The van der Waals surface area contributed by atoms with E-state index in [1.807, 2.05) is 26.0 Å². The van der Waals surface area contributed by atoms with E-state index in [4.69, 9.17) is 16.3 Å². The van der Waals surface area contributed by atoms with Crippen LogP contribution in [0.1, 0.15) is 42.5 Å². The quantitative estimate of drug-likeness (QED) is 0.769. The average Bonchev–Trinajstić information content (AvgIpc) is 3.00. The highest BCUT2D eigenvalue weighted by Crippen LogP contribution is 2.27. The molecule has 1 aliphatic heterocycles. The Balaban J connectivity index is 2.04. The van der Waals surface area contributed by atoms with Crippen LogP contribution in [0.2, 0.25) is 5.02 Å². The van der Waals surface area contributed by atoms with Gasteiger partial charge in [-0.05, 0) is 31.2 Å². The van der Waals surface area contributed by atoms with Gasteiger partial charge in [-0.3, -0.25) is 4.79 Å². The minimum Gasteiger partial charge on any atom is -0.461 e. The number of rotatable bonds is 4. The monoisotopic (exact) mass is 375 g/mol. The van der Waals surface area contributed by atoms with Crippen LogP contribution in [0.3, 0.4) is 0 Å². The van der Waals surface area contributed by atoms with Gasteiger partial charge in [0.25, 0.3) is 0 Å². The Hall–Kier alpha value is -2.34. The third-order valence-electron chi connectivity index (χ3n) is 4.40. The van der Waals surface area contributed by atoms with Crippen LogP contribution in [0.5, 0.6) is 0 Å². The summed E-state index contributed by atoms with van der Waals surface area (Å²) in [5.41, 5.74) is 2.80. The maximum atomic E-state index is 12.4. The molecule has 7 heteroatoms. The van der Waals surface area contributed by atoms with E-state index in [0.717, 1.165) is 16.9 Å². The van der Waals surface area contributed by atoms with Gasteiger partial charge >= 0.3 is 5.97 Å². The summed E-state index contributed by atoms with van der Waals surface area (Å²) in [5.74, 6) is -0.478. The van der Waals surface area contributed by atoms with Crippen molar-refractivity contribution in [3.8, 4) is 5.69 Å². The number of carbonyl (C=O) groups excluding carboxylic acids is 2. The summed E-state index contributed by atoms with van der Waals surface area (Å²) in [4.78, 5) is 26.6. The molecule has 0 radical (unpaired) electrons. The van der Waals surface area contributed by atoms with Crippen molar-refractivity contribution in [2.75, 3.05) is 13.2 Å².